The third-order valence-corrected chi connectivity index (χ3v) is 4.84. The number of hydrogen-bond donors (Lipinski definition) is 1. The molecule has 0 spiro atoms. The number of hydrogen-bond acceptors (Lipinski definition) is 2. The molecule has 0 atom stereocenters. The van der Waals surface area contributed by atoms with Gasteiger partial charge in [0.15, 0.2) is 0 Å². The van der Waals surface area contributed by atoms with E-state index < -0.39 is 5.41 Å². The highest BCUT2D eigenvalue weighted by molar-refractivity contribution is 6.13. The van der Waals surface area contributed by atoms with Crippen molar-refractivity contribution in [2.45, 2.75) is 33.2 Å². The summed E-state index contributed by atoms with van der Waals surface area (Å²) in [4.78, 5) is 27.3. The minimum absolute atomic E-state index is 0.0980. The van der Waals surface area contributed by atoms with Crippen molar-refractivity contribution in [1.82, 2.24) is 4.90 Å². The van der Waals surface area contributed by atoms with Crippen LogP contribution >= 0.6 is 0 Å². The normalized spacial score (nSPS) is 14.7. The third-order valence-electron chi connectivity index (χ3n) is 4.84. The molecular formula is C21H24N2O2. The van der Waals surface area contributed by atoms with Crippen molar-refractivity contribution >= 4 is 17.5 Å². The number of nitrogens with one attached hydrogen (secondary N) is 1. The molecule has 0 aromatic heterocycles. The van der Waals surface area contributed by atoms with Gasteiger partial charge in [-0.05, 0) is 49.4 Å². The van der Waals surface area contributed by atoms with E-state index in [2.05, 4.69) is 5.32 Å². The predicted molar refractivity (Wildman–Crippen MR) is 99.1 cm³/mol. The fourth-order valence-electron chi connectivity index (χ4n) is 3.07. The second-order valence-electron chi connectivity index (χ2n) is 7.00. The summed E-state index contributed by atoms with van der Waals surface area (Å²) in [5.74, 6) is -0.287. The first-order valence-electron chi connectivity index (χ1n) is 8.60. The lowest BCUT2D eigenvalue weighted by atomic mass is 10.0. The zero-order valence-electron chi connectivity index (χ0n) is 15.0. The van der Waals surface area contributed by atoms with Crippen LogP contribution in [0.5, 0.6) is 0 Å². The molecule has 2 aromatic rings. The maximum Gasteiger partial charge on any atom is 0.240 e. The van der Waals surface area contributed by atoms with Crippen LogP contribution in [0.15, 0.2) is 48.5 Å². The Bertz CT molecular complexity index is 795. The highest BCUT2D eigenvalue weighted by atomic mass is 16.2. The van der Waals surface area contributed by atoms with Crippen molar-refractivity contribution in [3.05, 3.63) is 65.2 Å². The fraction of sp³-hybridized carbons (Fsp3) is 0.333. The zero-order chi connectivity index (χ0) is 18.0. The Morgan fingerprint density at radius 2 is 1.76 bits per heavy atom. The molecule has 1 aliphatic rings. The molecule has 0 heterocycles. The lowest BCUT2D eigenvalue weighted by molar-refractivity contribution is -0.141. The molecule has 25 heavy (non-hydrogen) atoms. The number of benzene rings is 2. The van der Waals surface area contributed by atoms with Crippen LogP contribution in [0.1, 0.15) is 29.5 Å². The van der Waals surface area contributed by atoms with Gasteiger partial charge in [-0.25, -0.2) is 0 Å². The second-order valence-corrected chi connectivity index (χ2v) is 7.00. The largest absolute Gasteiger partial charge is 0.340 e. The quantitative estimate of drug-likeness (QED) is 0.847. The average Bonchev–Trinajstić information content (AvgIpc) is 3.40. The topological polar surface area (TPSA) is 49.4 Å². The molecule has 130 valence electrons. The second kappa shape index (κ2) is 6.71. The SMILES string of the molecule is Cc1ccc(C)c(NC(=O)C2(C(=O)N(C)Cc3ccccc3)CC2)c1. The number of amides is 2. The summed E-state index contributed by atoms with van der Waals surface area (Å²) in [5.41, 5.74) is 3.02. The van der Waals surface area contributed by atoms with E-state index in [0.717, 1.165) is 22.4 Å². The van der Waals surface area contributed by atoms with Crippen molar-refractivity contribution in [1.29, 1.82) is 0 Å². The van der Waals surface area contributed by atoms with Gasteiger partial charge < -0.3 is 10.2 Å². The molecule has 0 bridgehead atoms. The van der Waals surface area contributed by atoms with Gasteiger partial charge in [-0.2, -0.15) is 0 Å². The molecule has 0 saturated heterocycles. The summed E-state index contributed by atoms with van der Waals surface area (Å²) in [6.45, 7) is 4.46. The fourth-order valence-corrected chi connectivity index (χ4v) is 3.07. The molecule has 0 radical (unpaired) electrons. The maximum atomic E-state index is 12.9. The third kappa shape index (κ3) is 3.58. The first-order chi connectivity index (χ1) is 11.9. The van der Waals surface area contributed by atoms with Crippen molar-refractivity contribution in [3.63, 3.8) is 0 Å². The molecule has 4 heteroatoms. The number of anilines is 1. The van der Waals surface area contributed by atoms with Crippen LogP contribution in [0.2, 0.25) is 0 Å². The highest BCUT2D eigenvalue weighted by Gasteiger charge is 2.57. The molecule has 1 N–H and O–H groups in total. The van der Waals surface area contributed by atoms with Gasteiger partial charge in [-0.15, -0.1) is 0 Å². The summed E-state index contributed by atoms with van der Waals surface area (Å²) in [6.07, 6.45) is 1.23. The van der Waals surface area contributed by atoms with E-state index in [0.29, 0.717) is 19.4 Å². The Morgan fingerprint density at radius 3 is 2.40 bits per heavy atom. The molecule has 1 aliphatic carbocycles. The van der Waals surface area contributed by atoms with Crippen molar-refractivity contribution in [2.75, 3.05) is 12.4 Å². The summed E-state index contributed by atoms with van der Waals surface area (Å²) < 4.78 is 0. The molecule has 4 nitrogen and oxygen atoms in total. The smallest absolute Gasteiger partial charge is 0.240 e. The minimum atomic E-state index is -0.903. The molecule has 0 aliphatic heterocycles. The average molecular weight is 336 g/mol. The first kappa shape index (κ1) is 17.2. The van der Waals surface area contributed by atoms with E-state index in [1.165, 1.54) is 0 Å². The molecule has 3 rings (SSSR count). The lowest BCUT2D eigenvalue weighted by Gasteiger charge is -2.23. The zero-order valence-corrected chi connectivity index (χ0v) is 15.0. The Morgan fingerprint density at radius 1 is 1.08 bits per heavy atom. The van der Waals surface area contributed by atoms with Gasteiger partial charge in [0.05, 0.1) is 0 Å². The van der Waals surface area contributed by atoms with Crippen LogP contribution in [0, 0.1) is 19.3 Å². The van der Waals surface area contributed by atoms with Crippen LogP contribution in [-0.4, -0.2) is 23.8 Å². The molecular weight excluding hydrogens is 312 g/mol. The van der Waals surface area contributed by atoms with Gasteiger partial charge >= 0.3 is 0 Å². The number of carbonyl (C=O) groups excluding carboxylic acids is 2. The summed E-state index contributed by atoms with van der Waals surface area (Å²) in [5, 5.41) is 2.97. The Labute approximate surface area is 148 Å². The number of rotatable bonds is 5. The monoisotopic (exact) mass is 336 g/mol. The Balaban J connectivity index is 1.71. The van der Waals surface area contributed by atoms with E-state index in [4.69, 9.17) is 0 Å². The molecule has 2 aromatic carbocycles. The highest BCUT2D eigenvalue weighted by Crippen LogP contribution is 2.48. The van der Waals surface area contributed by atoms with E-state index in [1.807, 2.05) is 62.4 Å². The summed E-state index contributed by atoms with van der Waals surface area (Å²) >= 11 is 0. The van der Waals surface area contributed by atoms with Crippen LogP contribution in [0.25, 0.3) is 0 Å². The minimum Gasteiger partial charge on any atom is -0.340 e. The predicted octanol–water partition coefficient (Wildman–Crippen LogP) is 3.68. The molecule has 1 fully saturated rings. The summed E-state index contributed by atoms with van der Waals surface area (Å²) in [6, 6.07) is 15.8. The Kier molecular flexibility index (Phi) is 4.62. The first-order valence-corrected chi connectivity index (χ1v) is 8.60. The lowest BCUT2D eigenvalue weighted by Crippen LogP contribution is -2.40. The van der Waals surface area contributed by atoms with Crippen molar-refractivity contribution in [2.24, 2.45) is 5.41 Å². The van der Waals surface area contributed by atoms with Gasteiger partial charge in [0.1, 0.15) is 5.41 Å². The van der Waals surface area contributed by atoms with Gasteiger partial charge in [0.2, 0.25) is 11.8 Å². The molecule has 1 saturated carbocycles. The van der Waals surface area contributed by atoms with Crippen LogP contribution in [-0.2, 0) is 16.1 Å². The van der Waals surface area contributed by atoms with Crippen molar-refractivity contribution < 1.29 is 9.59 Å². The number of carbonyl (C=O) groups is 2. The van der Waals surface area contributed by atoms with Gasteiger partial charge in [-0.3, -0.25) is 9.59 Å². The standard InChI is InChI=1S/C21H24N2O2/c1-15-9-10-16(2)18(13-15)22-19(24)21(11-12-21)20(25)23(3)14-17-7-5-4-6-8-17/h4-10,13H,11-12,14H2,1-3H3,(H,22,24). The Hall–Kier alpha value is -2.62. The number of nitrogens with zero attached hydrogens (tertiary/aromatic N) is 1. The molecule has 2 amide bonds. The van der Waals surface area contributed by atoms with E-state index in [-0.39, 0.29) is 11.8 Å². The van der Waals surface area contributed by atoms with Gasteiger partial charge in [0.25, 0.3) is 0 Å². The number of aryl methyl sites for hydroxylation is 2. The van der Waals surface area contributed by atoms with E-state index in [9.17, 15) is 9.59 Å². The maximum absolute atomic E-state index is 12.9. The summed E-state index contributed by atoms with van der Waals surface area (Å²) in [7, 11) is 1.76. The van der Waals surface area contributed by atoms with E-state index >= 15 is 0 Å². The van der Waals surface area contributed by atoms with Crippen LogP contribution in [0.3, 0.4) is 0 Å². The van der Waals surface area contributed by atoms with E-state index in [1.54, 1.807) is 11.9 Å². The van der Waals surface area contributed by atoms with Gasteiger partial charge in [-0.1, -0.05) is 42.5 Å². The van der Waals surface area contributed by atoms with Gasteiger partial charge in [0, 0.05) is 19.3 Å². The van der Waals surface area contributed by atoms with Crippen LogP contribution in [0.4, 0.5) is 5.69 Å². The van der Waals surface area contributed by atoms with Crippen molar-refractivity contribution in [3.8, 4) is 0 Å². The molecule has 0 unspecified atom stereocenters. The van der Waals surface area contributed by atoms with Crippen LogP contribution < -0.4 is 5.32 Å².